The second-order valence-corrected chi connectivity index (χ2v) is 7.74. The third-order valence-corrected chi connectivity index (χ3v) is 5.60. The Hall–Kier alpha value is -3.40. The minimum Gasteiger partial charge on any atom is -0.465 e. The van der Waals surface area contributed by atoms with E-state index in [2.05, 4.69) is 25.6 Å². The minimum atomic E-state index is -1.06. The Morgan fingerprint density at radius 3 is 2.84 bits per heavy atom. The Morgan fingerprint density at radius 1 is 1.32 bits per heavy atom. The van der Waals surface area contributed by atoms with Crippen LogP contribution in [0.25, 0.3) is 10.8 Å². The van der Waals surface area contributed by atoms with Gasteiger partial charge in [0.25, 0.3) is 5.91 Å². The van der Waals surface area contributed by atoms with E-state index in [-0.39, 0.29) is 24.1 Å². The van der Waals surface area contributed by atoms with Crippen LogP contribution in [0.15, 0.2) is 34.9 Å². The van der Waals surface area contributed by atoms with Crippen molar-refractivity contribution in [1.29, 1.82) is 0 Å². The monoisotopic (exact) mass is 444 g/mol. The molecule has 3 aromatic rings. The SMILES string of the molecule is CNC(=O)c1cc(CN(CC2CCN(c3nnc(Cl)c4ccccc34)C2)C(=O)O)on1. The highest BCUT2D eigenvalue weighted by molar-refractivity contribution is 6.34. The van der Waals surface area contributed by atoms with Crippen LogP contribution in [0.5, 0.6) is 0 Å². The summed E-state index contributed by atoms with van der Waals surface area (Å²) in [5.41, 5.74) is 0.114. The lowest BCUT2D eigenvalue weighted by molar-refractivity contribution is 0.0953. The van der Waals surface area contributed by atoms with E-state index < -0.39 is 6.09 Å². The summed E-state index contributed by atoms with van der Waals surface area (Å²) in [5.74, 6) is 0.772. The molecule has 1 saturated heterocycles. The molecule has 0 saturated carbocycles. The lowest BCUT2D eigenvalue weighted by atomic mass is 10.1. The summed E-state index contributed by atoms with van der Waals surface area (Å²) in [5, 5.41) is 26.2. The van der Waals surface area contributed by atoms with Gasteiger partial charge < -0.3 is 24.7 Å². The zero-order valence-corrected chi connectivity index (χ0v) is 17.5. The van der Waals surface area contributed by atoms with Gasteiger partial charge in [-0.1, -0.05) is 41.0 Å². The maximum Gasteiger partial charge on any atom is 0.407 e. The Morgan fingerprint density at radius 2 is 2.10 bits per heavy atom. The number of hydrogen-bond donors (Lipinski definition) is 2. The van der Waals surface area contributed by atoms with Gasteiger partial charge in [0, 0.05) is 43.5 Å². The normalized spacial score (nSPS) is 15.9. The van der Waals surface area contributed by atoms with E-state index >= 15 is 0 Å². The molecule has 0 spiro atoms. The van der Waals surface area contributed by atoms with Crippen molar-refractivity contribution >= 4 is 40.2 Å². The second-order valence-electron chi connectivity index (χ2n) is 7.38. The van der Waals surface area contributed by atoms with Crippen LogP contribution in [-0.4, -0.2) is 64.0 Å². The molecule has 11 heteroatoms. The number of halogens is 1. The number of fused-ring (bicyclic) bond motifs is 1. The smallest absolute Gasteiger partial charge is 0.407 e. The molecule has 1 aromatic carbocycles. The number of hydrogen-bond acceptors (Lipinski definition) is 7. The first kappa shape index (κ1) is 20.9. The summed E-state index contributed by atoms with van der Waals surface area (Å²) >= 11 is 6.17. The third kappa shape index (κ3) is 4.38. The van der Waals surface area contributed by atoms with Gasteiger partial charge in [0.15, 0.2) is 22.4 Å². The quantitative estimate of drug-likeness (QED) is 0.594. The molecule has 1 atom stereocenters. The molecule has 10 nitrogen and oxygen atoms in total. The van der Waals surface area contributed by atoms with Crippen LogP contribution in [0, 0.1) is 5.92 Å². The second kappa shape index (κ2) is 8.76. The molecule has 2 amide bonds. The molecule has 0 radical (unpaired) electrons. The number of carbonyl (C=O) groups is 2. The molecule has 1 aliphatic heterocycles. The molecular formula is C20H21ClN6O4. The van der Waals surface area contributed by atoms with E-state index in [1.807, 2.05) is 24.3 Å². The van der Waals surface area contributed by atoms with E-state index in [1.54, 1.807) is 0 Å². The Kier molecular flexibility index (Phi) is 5.90. The highest BCUT2D eigenvalue weighted by Crippen LogP contribution is 2.31. The predicted octanol–water partition coefficient (Wildman–Crippen LogP) is 2.64. The highest BCUT2D eigenvalue weighted by Gasteiger charge is 2.29. The van der Waals surface area contributed by atoms with Crippen molar-refractivity contribution in [2.75, 3.05) is 31.6 Å². The first-order valence-corrected chi connectivity index (χ1v) is 10.2. The molecule has 1 aliphatic rings. The van der Waals surface area contributed by atoms with Gasteiger partial charge in [-0.05, 0) is 12.3 Å². The molecule has 1 unspecified atom stereocenters. The summed E-state index contributed by atoms with van der Waals surface area (Å²) < 4.78 is 5.13. The van der Waals surface area contributed by atoms with Crippen molar-refractivity contribution in [1.82, 2.24) is 25.6 Å². The Bertz CT molecular complexity index is 1120. The molecule has 1 fully saturated rings. The van der Waals surface area contributed by atoms with Gasteiger partial charge >= 0.3 is 6.09 Å². The molecule has 2 N–H and O–H groups in total. The third-order valence-electron chi connectivity index (χ3n) is 5.32. The first-order chi connectivity index (χ1) is 15.0. The van der Waals surface area contributed by atoms with Gasteiger partial charge in [-0.2, -0.15) is 0 Å². The molecule has 31 heavy (non-hydrogen) atoms. The van der Waals surface area contributed by atoms with Crippen molar-refractivity contribution in [3.8, 4) is 0 Å². The number of rotatable bonds is 6. The first-order valence-electron chi connectivity index (χ1n) is 9.77. The lowest BCUT2D eigenvalue weighted by Crippen LogP contribution is -2.35. The van der Waals surface area contributed by atoms with Crippen molar-refractivity contribution in [3.63, 3.8) is 0 Å². The Balaban J connectivity index is 1.45. The lowest BCUT2D eigenvalue weighted by Gasteiger charge is -2.23. The molecule has 0 aliphatic carbocycles. The maximum atomic E-state index is 11.8. The fraction of sp³-hybridized carbons (Fsp3) is 0.350. The summed E-state index contributed by atoms with van der Waals surface area (Å²) in [7, 11) is 1.49. The van der Waals surface area contributed by atoms with E-state index in [9.17, 15) is 14.7 Å². The van der Waals surface area contributed by atoms with E-state index in [1.165, 1.54) is 18.0 Å². The average molecular weight is 445 g/mol. The van der Waals surface area contributed by atoms with Gasteiger partial charge in [0.1, 0.15) is 0 Å². The topological polar surface area (TPSA) is 125 Å². The number of amides is 2. The fourth-order valence-corrected chi connectivity index (χ4v) is 4.00. The minimum absolute atomic E-state index is 0.0134. The number of nitrogens with one attached hydrogen (secondary N) is 1. The number of benzene rings is 1. The number of anilines is 1. The van der Waals surface area contributed by atoms with Crippen molar-refractivity contribution in [2.24, 2.45) is 5.92 Å². The largest absolute Gasteiger partial charge is 0.465 e. The van der Waals surface area contributed by atoms with E-state index in [4.69, 9.17) is 16.1 Å². The van der Waals surface area contributed by atoms with Crippen LogP contribution in [0.4, 0.5) is 10.6 Å². The number of aromatic nitrogens is 3. The number of carboxylic acid groups (broad SMARTS) is 1. The summed E-state index contributed by atoms with van der Waals surface area (Å²) in [6.45, 7) is 1.71. The highest BCUT2D eigenvalue weighted by atomic mass is 35.5. The number of nitrogens with zero attached hydrogens (tertiary/aromatic N) is 5. The van der Waals surface area contributed by atoms with Gasteiger partial charge in [0.05, 0.1) is 6.54 Å². The van der Waals surface area contributed by atoms with Gasteiger partial charge in [-0.15, -0.1) is 10.2 Å². The van der Waals surface area contributed by atoms with Crippen molar-refractivity contribution < 1.29 is 19.2 Å². The Labute approximate surface area is 182 Å². The molecule has 4 rings (SSSR count). The van der Waals surface area contributed by atoms with Crippen LogP contribution < -0.4 is 10.2 Å². The van der Waals surface area contributed by atoms with Crippen LogP contribution in [0.1, 0.15) is 22.7 Å². The zero-order valence-electron chi connectivity index (χ0n) is 16.8. The van der Waals surface area contributed by atoms with E-state index in [0.717, 1.165) is 29.6 Å². The van der Waals surface area contributed by atoms with Gasteiger partial charge in [-0.3, -0.25) is 4.79 Å². The van der Waals surface area contributed by atoms with Crippen LogP contribution in [0.3, 0.4) is 0 Å². The summed E-state index contributed by atoms with van der Waals surface area (Å²) in [6.07, 6.45) is -0.254. The maximum absolute atomic E-state index is 11.8. The summed E-state index contributed by atoms with van der Waals surface area (Å²) in [4.78, 5) is 26.8. The van der Waals surface area contributed by atoms with Crippen molar-refractivity contribution in [3.05, 3.63) is 46.9 Å². The van der Waals surface area contributed by atoms with Crippen LogP contribution >= 0.6 is 11.6 Å². The van der Waals surface area contributed by atoms with E-state index in [0.29, 0.717) is 24.0 Å². The van der Waals surface area contributed by atoms with Crippen LogP contribution in [0.2, 0.25) is 5.15 Å². The molecular weight excluding hydrogens is 424 g/mol. The average Bonchev–Trinajstić information content (AvgIpc) is 3.43. The summed E-state index contributed by atoms with van der Waals surface area (Å²) in [6, 6.07) is 9.13. The molecule has 162 valence electrons. The standard InChI is InChI=1S/C20H21ClN6O4/c1-22-19(28)16-8-13(31-25-16)11-27(20(29)30)10-12-6-7-26(9-12)18-15-5-3-2-4-14(15)17(21)23-24-18/h2-5,8,12H,6-7,9-11H2,1H3,(H,22,28)(H,29,30). The van der Waals surface area contributed by atoms with Crippen molar-refractivity contribution in [2.45, 2.75) is 13.0 Å². The predicted molar refractivity (Wildman–Crippen MR) is 113 cm³/mol. The molecule has 2 aromatic heterocycles. The zero-order chi connectivity index (χ0) is 22.0. The number of carbonyl (C=O) groups excluding carboxylic acids is 1. The van der Waals surface area contributed by atoms with Gasteiger partial charge in [-0.25, -0.2) is 4.79 Å². The van der Waals surface area contributed by atoms with Crippen LogP contribution in [-0.2, 0) is 6.54 Å². The fourth-order valence-electron chi connectivity index (χ4n) is 3.80. The molecule has 3 heterocycles. The molecule has 0 bridgehead atoms. The van der Waals surface area contributed by atoms with Gasteiger partial charge in [0.2, 0.25) is 0 Å².